The fourth-order valence-electron chi connectivity index (χ4n) is 4.35. The molecule has 0 saturated carbocycles. The van der Waals surface area contributed by atoms with Crippen LogP contribution in [0.3, 0.4) is 0 Å². The summed E-state index contributed by atoms with van der Waals surface area (Å²) in [6, 6.07) is 16.4. The standard InChI is InChI=1S/C24H30N2O3S2/c1-24(2)28-21-19(13-15-5-9-17(30-3)10-6-15)25-23(27)26-20(22(21)29-24)14-16-7-11-18(31-4)12-8-16/h5-12,19-22H,13-14H2,1-4H3,(H2,25,26,27)/t19-,20-,21+,22+/m1/s1. The van der Waals surface area contributed by atoms with E-state index in [4.69, 9.17) is 9.47 Å². The van der Waals surface area contributed by atoms with Gasteiger partial charge in [-0.3, -0.25) is 0 Å². The van der Waals surface area contributed by atoms with E-state index in [0.29, 0.717) is 12.8 Å². The molecule has 2 aromatic carbocycles. The minimum atomic E-state index is -0.693. The number of benzene rings is 2. The van der Waals surface area contributed by atoms with Crippen molar-refractivity contribution in [3.05, 3.63) is 59.7 Å². The average molecular weight is 459 g/mol. The number of carbonyl (C=O) groups excluding carboxylic acids is 1. The van der Waals surface area contributed by atoms with Crippen molar-refractivity contribution in [2.45, 2.75) is 66.6 Å². The van der Waals surface area contributed by atoms with Crippen molar-refractivity contribution in [1.82, 2.24) is 10.6 Å². The minimum Gasteiger partial charge on any atom is -0.342 e. The Hall–Kier alpha value is -1.67. The number of amides is 2. The first-order valence-electron chi connectivity index (χ1n) is 10.6. The Labute approximate surface area is 193 Å². The van der Waals surface area contributed by atoms with Crippen molar-refractivity contribution in [3.63, 3.8) is 0 Å². The van der Waals surface area contributed by atoms with Crippen LogP contribution in [0.25, 0.3) is 0 Å². The van der Waals surface area contributed by atoms with Gasteiger partial charge in [-0.25, -0.2) is 4.79 Å². The summed E-state index contributed by atoms with van der Waals surface area (Å²) < 4.78 is 12.7. The molecule has 166 valence electrons. The lowest BCUT2D eigenvalue weighted by molar-refractivity contribution is -0.150. The summed E-state index contributed by atoms with van der Waals surface area (Å²) >= 11 is 3.44. The lowest BCUT2D eigenvalue weighted by Gasteiger charge is -2.26. The third-order valence-corrected chi connectivity index (χ3v) is 7.31. The zero-order valence-corrected chi connectivity index (χ0v) is 20.0. The van der Waals surface area contributed by atoms with Crippen LogP contribution < -0.4 is 10.6 Å². The van der Waals surface area contributed by atoms with Crippen LogP contribution in [0.2, 0.25) is 0 Å². The summed E-state index contributed by atoms with van der Waals surface area (Å²) in [6.45, 7) is 3.89. The Kier molecular flexibility index (Phi) is 6.86. The second kappa shape index (κ2) is 9.45. The largest absolute Gasteiger partial charge is 0.342 e. The summed E-state index contributed by atoms with van der Waals surface area (Å²) in [6.07, 6.45) is 5.05. The fourth-order valence-corrected chi connectivity index (χ4v) is 5.16. The summed E-state index contributed by atoms with van der Waals surface area (Å²) in [7, 11) is 0. The summed E-state index contributed by atoms with van der Waals surface area (Å²) in [5, 5.41) is 6.27. The van der Waals surface area contributed by atoms with Gasteiger partial charge in [0.1, 0.15) is 12.2 Å². The molecule has 0 spiro atoms. The lowest BCUT2D eigenvalue weighted by Crippen LogP contribution is -2.47. The molecular formula is C24H30N2O3S2. The second-order valence-corrected chi connectivity index (χ2v) is 10.3. The monoisotopic (exact) mass is 458 g/mol. The van der Waals surface area contributed by atoms with Crippen LogP contribution in [0.1, 0.15) is 25.0 Å². The molecule has 0 radical (unpaired) electrons. The van der Waals surface area contributed by atoms with Crippen LogP contribution in [0.4, 0.5) is 4.79 Å². The van der Waals surface area contributed by atoms with Crippen molar-refractivity contribution >= 4 is 29.6 Å². The van der Waals surface area contributed by atoms with Gasteiger partial charge in [0, 0.05) is 9.79 Å². The van der Waals surface area contributed by atoms with E-state index < -0.39 is 5.79 Å². The third-order valence-electron chi connectivity index (χ3n) is 5.82. The van der Waals surface area contributed by atoms with Gasteiger partial charge >= 0.3 is 6.03 Å². The van der Waals surface area contributed by atoms with Gasteiger partial charge in [-0.05, 0) is 74.6 Å². The highest BCUT2D eigenvalue weighted by molar-refractivity contribution is 7.98. The second-order valence-electron chi connectivity index (χ2n) is 8.50. The fraction of sp³-hybridized carbons (Fsp3) is 0.458. The van der Waals surface area contributed by atoms with Gasteiger partial charge in [-0.2, -0.15) is 0 Å². The molecule has 2 heterocycles. The number of nitrogens with one attached hydrogen (secondary N) is 2. The molecule has 2 aliphatic rings. The summed E-state index contributed by atoms with van der Waals surface area (Å²) in [5.41, 5.74) is 2.34. The first-order valence-corrected chi connectivity index (χ1v) is 13.0. The molecule has 7 heteroatoms. The predicted molar refractivity (Wildman–Crippen MR) is 127 cm³/mol. The van der Waals surface area contributed by atoms with Crippen LogP contribution in [-0.4, -0.2) is 48.6 Å². The van der Waals surface area contributed by atoms with Crippen molar-refractivity contribution in [2.24, 2.45) is 0 Å². The molecule has 31 heavy (non-hydrogen) atoms. The highest BCUT2D eigenvalue weighted by Gasteiger charge is 2.50. The smallest absolute Gasteiger partial charge is 0.315 e. The Balaban J connectivity index is 1.56. The van der Waals surface area contributed by atoms with E-state index in [1.807, 2.05) is 13.8 Å². The van der Waals surface area contributed by atoms with Gasteiger partial charge in [-0.1, -0.05) is 24.3 Å². The Morgan fingerprint density at radius 2 is 1.16 bits per heavy atom. The highest BCUT2D eigenvalue weighted by Crippen LogP contribution is 2.35. The predicted octanol–water partition coefficient (Wildman–Crippen LogP) is 4.49. The quantitative estimate of drug-likeness (QED) is 0.625. The van der Waals surface area contributed by atoms with Crippen LogP contribution in [0.5, 0.6) is 0 Å². The Morgan fingerprint density at radius 3 is 1.52 bits per heavy atom. The maximum absolute atomic E-state index is 12.7. The van der Waals surface area contributed by atoms with Crippen molar-refractivity contribution < 1.29 is 14.3 Å². The van der Waals surface area contributed by atoms with E-state index in [1.54, 1.807) is 23.5 Å². The number of ether oxygens (including phenoxy) is 2. The summed E-state index contributed by atoms with van der Waals surface area (Å²) in [4.78, 5) is 15.2. The molecule has 5 nitrogen and oxygen atoms in total. The zero-order chi connectivity index (χ0) is 22.0. The van der Waals surface area contributed by atoms with Gasteiger partial charge in [-0.15, -0.1) is 23.5 Å². The number of thioether (sulfide) groups is 2. The maximum Gasteiger partial charge on any atom is 0.315 e. The van der Waals surface area contributed by atoms with E-state index >= 15 is 0 Å². The molecule has 0 aliphatic carbocycles. The molecule has 2 aromatic rings. The van der Waals surface area contributed by atoms with Crippen LogP contribution in [-0.2, 0) is 22.3 Å². The van der Waals surface area contributed by atoms with Crippen LogP contribution >= 0.6 is 23.5 Å². The Morgan fingerprint density at radius 1 is 0.774 bits per heavy atom. The van der Waals surface area contributed by atoms with Crippen molar-refractivity contribution in [3.8, 4) is 0 Å². The van der Waals surface area contributed by atoms with E-state index in [0.717, 1.165) is 0 Å². The normalized spacial score (nSPS) is 27.2. The van der Waals surface area contributed by atoms with Crippen molar-refractivity contribution in [2.75, 3.05) is 12.5 Å². The molecule has 4 atom stereocenters. The molecule has 2 aliphatic heterocycles. The molecule has 0 unspecified atom stereocenters. The molecule has 2 saturated heterocycles. The molecule has 0 aromatic heterocycles. The molecule has 2 N–H and O–H groups in total. The van der Waals surface area contributed by atoms with Gasteiger partial charge < -0.3 is 20.1 Å². The minimum absolute atomic E-state index is 0.170. The lowest BCUT2D eigenvalue weighted by atomic mass is 9.92. The van der Waals surface area contributed by atoms with E-state index in [-0.39, 0.29) is 30.3 Å². The van der Waals surface area contributed by atoms with Gasteiger partial charge in [0.25, 0.3) is 0 Å². The van der Waals surface area contributed by atoms with Crippen LogP contribution in [0.15, 0.2) is 58.3 Å². The molecule has 0 bridgehead atoms. The van der Waals surface area contributed by atoms with Gasteiger partial charge in [0.05, 0.1) is 12.1 Å². The first-order chi connectivity index (χ1) is 14.9. The zero-order valence-electron chi connectivity index (χ0n) is 18.4. The Bertz CT molecular complexity index is 831. The molecule has 2 fully saturated rings. The third kappa shape index (κ3) is 5.40. The van der Waals surface area contributed by atoms with Gasteiger partial charge in [0.2, 0.25) is 0 Å². The van der Waals surface area contributed by atoms with E-state index in [1.165, 1.54) is 20.9 Å². The van der Waals surface area contributed by atoms with Crippen LogP contribution in [0, 0.1) is 0 Å². The first kappa shape index (κ1) is 22.5. The number of urea groups is 1. The number of rotatable bonds is 6. The SMILES string of the molecule is CSc1ccc(C[C@H]2NC(=O)N[C@H](Cc3ccc(SC)cc3)[C@@H]3OC(C)(C)O[C@H]32)cc1. The highest BCUT2D eigenvalue weighted by atomic mass is 32.2. The molecule has 2 amide bonds. The van der Waals surface area contributed by atoms with Gasteiger partial charge in [0.15, 0.2) is 5.79 Å². The number of hydrogen-bond donors (Lipinski definition) is 2. The topological polar surface area (TPSA) is 59.6 Å². The van der Waals surface area contributed by atoms with E-state index in [9.17, 15) is 4.79 Å². The number of carbonyl (C=O) groups is 1. The van der Waals surface area contributed by atoms with E-state index in [2.05, 4.69) is 71.7 Å². The number of fused-ring (bicyclic) bond motifs is 1. The number of hydrogen-bond acceptors (Lipinski definition) is 5. The maximum atomic E-state index is 12.7. The average Bonchev–Trinajstić information content (AvgIpc) is 3.04. The molecular weight excluding hydrogens is 428 g/mol. The van der Waals surface area contributed by atoms with Crippen molar-refractivity contribution in [1.29, 1.82) is 0 Å². The summed E-state index contributed by atoms with van der Waals surface area (Å²) in [5.74, 6) is -0.693. The molecule has 4 rings (SSSR count).